The molecule has 1 aliphatic rings. The lowest BCUT2D eigenvalue weighted by atomic mass is 10.2. The quantitative estimate of drug-likeness (QED) is 0.648. The average Bonchev–Trinajstić information content (AvgIpc) is 3.36. The van der Waals surface area contributed by atoms with Gasteiger partial charge in [-0.15, -0.1) is 5.10 Å². The Kier molecular flexibility index (Phi) is 5.11. The van der Waals surface area contributed by atoms with Gasteiger partial charge in [-0.1, -0.05) is 0 Å². The fourth-order valence-electron chi connectivity index (χ4n) is 3.66. The zero-order valence-electron chi connectivity index (χ0n) is 16.4. The SMILES string of the molecule is COc1nn(C)cc1C(=O)N1CCCC1Cn1nc(-c2cccnc2)ccc1=O. The minimum atomic E-state index is -0.198. The van der Waals surface area contributed by atoms with Gasteiger partial charge in [0.2, 0.25) is 5.88 Å². The molecule has 0 radical (unpaired) electrons. The van der Waals surface area contributed by atoms with E-state index < -0.39 is 0 Å². The van der Waals surface area contributed by atoms with E-state index in [1.54, 1.807) is 41.3 Å². The van der Waals surface area contributed by atoms with Gasteiger partial charge in [0, 0.05) is 43.8 Å². The first kappa shape index (κ1) is 18.9. The molecule has 1 saturated heterocycles. The molecule has 0 saturated carbocycles. The van der Waals surface area contributed by atoms with E-state index in [1.165, 1.54) is 17.9 Å². The number of nitrogens with zero attached hydrogens (tertiary/aromatic N) is 6. The Labute approximate surface area is 167 Å². The van der Waals surface area contributed by atoms with Crippen LogP contribution in [0.1, 0.15) is 23.2 Å². The Balaban J connectivity index is 1.59. The van der Waals surface area contributed by atoms with Gasteiger partial charge in [0.05, 0.1) is 25.4 Å². The molecule has 0 N–H and O–H groups in total. The molecule has 1 atom stereocenters. The molecule has 3 aromatic rings. The molecule has 9 nitrogen and oxygen atoms in total. The summed E-state index contributed by atoms with van der Waals surface area (Å²) in [5, 5.41) is 8.66. The van der Waals surface area contributed by atoms with Crippen molar-refractivity contribution in [2.24, 2.45) is 7.05 Å². The number of ether oxygens (including phenoxy) is 1. The van der Waals surface area contributed by atoms with Gasteiger partial charge in [0.1, 0.15) is 5.56 Å². The number of methoxy groups -OCH3 is 1. The lowest BCUT2D eigenvalue weighted by Crippen LogP contribution is -2.40. The summed E-state index contributed by atoms with van der Waals surface area (Å²) >= 11 is 0. The third-order valence-corrected chi connectivity index (χ3v) is 5.06. The van der Waals surface area contributed by atoms with Gasteiger partial charge in [-0.2, -0.15) is 5.10 Å². The van der Waals surface area contributed by atoms with Crippen LogP contribution in [0.15, 0.2) is 47.7 Å². The summed E-state index contributed by atoms with van der Waals surface area (Å²) in [4.78, 5) is 31.4. The van der Waals surface area contributed by atoms with Crippen molar-refractivity contribution >= 4 is 5.91 Å². The van der Waals surface area contributed by atoms with E-state index >= 15 is 0 Å². The van der Waals surface area contributed by atoms with Crippen molar-refractivity contribution in [2.45, 2.75) is 25.4 Å². The first-order chi connectivity index (χ1) is 14.1. The highest BCUT2D eigenvalue weighted by Gasteiger charge is 2.32. The number of aryl methyl sites for hydroxylation is 1. The van der Waals surface area contributed by atoms with Crippen LogP contribution in [0.5, 0.6) is 5.88 Å². The summed E-state index contributed by atoms with van der Waals surface area (Å²) in [7, 11) is 3.24. The molecule has 1 unspecified atom stereocenters. The van der Waals surface area contributed by atoms with E-state index in [1.807, 2.05) is 12.1 Å². The number of amides is 1. The standard InChI is InChI=1S/C20H22N6O3/c1-24-13-16(19(23-24)29-2)20(28)25-10-4-6-15(25)12-26-18(27)8-7-17(22-26)14-5-3-9-21-11-14/h3,5,7-9,11,13,15H,4,6,10,12H2,1-2H3. The summed E-state index contributed by atoms with van der Waals surface area (Å²) in [5.74, 6) is 0.158. The summed E-state index contributed by atoms with van der Waals surface area (Å²) in [6.45, 7) is 0.958. The monoisotopic (exact) mass is 394 g/mol. The van der Waals surface area contributed by atoms with Crippen molar-refractivity contribution in [1.29, 1.82) is 0 Å². The maximum atomic E-state index is 13.1. The van der Waals surface area contributed by atoms with E-state index in [2.05, 4.69) is 15.2 Å². The molecule has 29 heavy (non-hydrogen) atoms. The van der Waals surface area contributed by atoms with Crippen LogP contribution in [0, 0.1) is 0 Å². The van der Waals surface area contributed by atoms with Crippen molar-refractivity contribution in [1.82, 2.24) is 29.4 Å². The fourth-order valence-corrected chi connectivity index (χ4v) is 3.66. The maximum Gasteiger partial charge on any atom is 0.266 e. The highest BCUT2D eigenvalue weighted by atomic mass is 16.5. The van der Waals surface area contributed by atoms with E-state index in [0.29, 0.717) is 30.2 Å². The molecule has 9 heteroatoms. The van der Waals surface area contributed by atoms with Gasteiger partial charge in [0.25, 0.3) is 11.5 Å². The average molecular weight is 394 g/mol. The number of aromatic nitrogens is 5. The number of hydrogen-bond acceptors (Lipinski definition) is 6. The normalized spacial score (nSPS) is 16.2. The number of hydrogen-bond donors (Lipinski definition) is 0. The molecule has 1 amide bonds. The molecule has 4 rings (SSSR count). The van der Waals surface area contributed by atoms with Gasteiger partial charge < -0.3 is 9.64 Å². The Morgan fingerprint density at radius 2 is 2.14 bits per heavy atom. The van der Waals surface area contributed by atoms with Crippen LogP contribution in [0.3, 0.4) is 0 Å². The second-order valence-corrected chi connectivity index (χ2v) is 7.00. The van der Waals surface area contributed by atoms with E-state index in [9.17, 15) is 9.59 Å². The Morgan fingerprint density at radius 3 is 2.90 bits per heavy atom. The number of carbonyl (C=O) groups is 1. The second kappa shape index (κ2) is 7.86. The van der Waals surface area contributed by atoms with Gasteiger partial charge in [-0.25, -0.2) is 4.68 Å². The smallest absolute Gasteiger partial charge is 0.266 e. The molecule has 3 aromatic heterocycles. The van der Waals surface area contributed by atoms with Crippen molar-refractivity contribution in [3.8, 4) is 17.1 Å². The number of likely N-dealkylation sites (tertiary alicyclic amines) is 1. The Morgan fingerprint density at radius 1 is 1.28 bits per heavy atom. The van der Waals surface area contributed by atoms with E-state index in [0.717, 1.165) is 18.4 Å². The fraction of sp³-hybridized carbons (Fsp3) is 0.350. The van der Waals surface area contributed by atoms with Crippen LogP contribution in [0.25, 0.3) is 11.3 Å². The summed E-state index contributed by atoms with van der Waals surface area (Å²) in [5.41, 5.74) is 1.73. The third-order valence-electron chi connectivity index (χ3n) is 5.06. The minimum absolute atomic E-state index is 0.123. The largest absolute Gasteiger partial charge is 0.479 e. The Bertz CT molecular complexity index is 1080. The summed E-state index contributed by atoms with van der Waals surface area (Å²) < 4.78 is 8.22. The molecule has 0 bridgehead atoms. The highest BCUT2D eigenvalue weighted by molar-refractivity contribution is 5.96. The first-order valence-electron chi connectivity index (χ1n) is 9.44. The third kappa shape index (κ3) is 3.75. The first-order valence-corrected chi connectivity index (χ1v) is 9.44. The molecule has 1 aliphatic heterocycles. The van der Waals surface area contributed by atoms with Crippen LogP contribution < -0.4 is 10.3 Å². The van der Waals surface area contributed by atoms with Gasteiger partial charge in [0.15, 0.2) is 0 Å². The molecular weight excluding hydrogens is 372 g/mol. The molecule has 150 valence electrons. The minimum Gasteiger partial charge on any atom is -0.479 e. The second-order valence-electron chi connectivity index (χ2n) is 7.00. The zero-order valence-corrected chi connectivity index (χ0v) is 16.4. The van der Waals surface area contributed by atoms with Gasteiger partial charge >= 0.3 is 0 Å². The van der Waals surface area contributed by atoms with Gasteiger partial charge in [-0.3, -0.25) is 19.3 Å². The highest BCUT2D eigenvalue weighted by Crippen LogP contribution is 2.25. The molecule has 1 fully saturated rings. The lowest BCUT2D eigenvalue weighted by Gasteiger charge is -2.24. The van der Waals surface area contributed by atoms with Crippen molar-refractivity contribution < 1.29 is 9.53 Å². The van der Waals surface area contributed by atoms with E-state index in [4.69, 9.17) is 4.74 Å². The summed E-state index contributed by atoms with van der Waals surface area (Å²) in [6, 6.07) is 6.78. The van der Waals surface area contributed by atoms with Gasteiger partial charge in [-0.05, 0) is 31.0 Å². The molecular formula is C20H22N6O3. The number of carbonyl (C=O) groups excluding carboxylic acids is 1. The predicted molar refractivity (Wildman–Crippen MR) is 106 cm³/mol. The van der Waals surface area contributed by atoms with Crippen LogP contribution >= 0.6 is 0 Å². The topological polar surface area (TPSA) is 95.1 Å². The zero-order chi connectivity index (χ0) is 20.4. The van der Waals surface area contributed by atoms with Crippen molar-refractivity contribution in [2.75, 3.05) is 13.7 Å². The van der Waals surface area contributed by atoms with Crippen LogP contribution in [-0.4, -0.2) is 55.0 Å². The Hall–Kier alpha value is -3.49. The van der Waals surface area contributed by atoms with E-state index in [-0.39, 0.29) is 17.5 Å². The molecule has 0 aromatic carbocycles. The molecule has 0 spiro atoms. The molecule has 4 heterocycles. The molecule has 0 aliphatic carbocycles. The van der Waals surface area contributed by atoms with Crippen LogP contribution in [0.4, 0.5) is 0 Å². The van der Waals surface area contributed by atoms with Crippen molar-refractivity contribution in [3.05, 3.63) is 58.8 Å². The van der Waals surface area contributed by atoms with Crippen molar-refractivity contribution in [3.63, 3.8) is 0 Å². The van der Waals surface area contributed by atoms with Crippen LogP contribution in [-0.2, 0) is 13.6 Å². The maximum absolute atomic E-state index is 13.1. The number of pyridine rings is 1. The lowest BCUT2D eigenvalue weighted by molar-refractivity contribution is 0.0717. The van der Waals surface area contributed by atoms with Crippen LogP contribution in [0.2, 0.25) is 0 Å². The number of rotatable bonds is 5. The summed E-state index contributed by atoms with van der Waals surface area (Å²) in [6.07, 6.45) is 6.73. The predicted octanol–water partition coefficient (Wildman–Crippen LogP) is 1.35.